The minimum absolute atomic E-state index is 0.0700. The molecule has 6 heteroatoms. The SMILES string of the molecule is CCCCC/C=C\C/C=C\CCCCCCCCCC(=O)OC[C@H](COC(=O)CCCCCCCCCCCCCCCCCCCCCCC)OC(=O)CCCCCCCCCCCCC/C=C\CCCCCCCC. The molecular formula is C71H132O6. The van der Waals surface area contributed by atoms with Gasteiger partial charge in [-0.3, -0.25) is 14.4 Å². The largest absolute Gasteiger partial charge is 0.462 e. The second-order valence-electron chi connectivity index (χ2n) is 23.4. The van der Waals surface area contributed by atoms with Crippen LogP contribution in [-0.2, 0) is 28.6 Å². The molecule has 0 unspecified atom stereocenters. The van der Waals surface area contributed by atoms with Crippen LogP contribution in [0.2, 0.25) is 0 Å². The second kappa shape index (κ2) is 66.1. The van der Waals surface area contributed by atoms with Crippen LogP contribution in [0.3, 0.4) is 0 Å². The number of carbonyl (C=O) groups excluding carboxylic acids is 3. The summed E-state index contributed by atoms with van der Waals surface area (Å²) in [7, 11) is 0. The van der Waals surface area contributed by atoms with Crippen molar-refractivity contribution in [3.8, 4) is 0 Å². The molecule has 0 rings (SSSR count). The van der Waals surface area contributed by atoms with Crippen molar-refractivity contribution in [3.05, 3.63) is 36.5 Å². The molecule has 0 saturated carbocycles. The summed E-state index contributed by atoms with van der Waals surface area (Å²) in [6, 6.07) is 0. The Labute approximate surface area is 480 Å². The van der Waals surface area contributed by atoms with E-state index < -0.39 is 6.10 Å². The first-order chi connectivity index (χ1) is 38.0. The molecule has 0 fully saturated rings. The zero-order valence-corrected chi connectivity index (χ0v) is 52.0. The Bertz CT molecular complexity index is 1290. The van der Waals surface area contributed by atoms with Crippen LogP contribution in [0.15, 0.2) is 36.5 Å². The number of rotatable bonds is 64. The lowest BCUT2D eigenvalue weighted by atomic mass is 10.0. The molecule has 1 atom stereocenters. The van der Waals surface area contributed by atoms with E-state index in [1.807, 2.05) is 0 Å². The van der Waals surface area contributed by atoms with Crippen LogP contribution < -0.4 is 0 Å². The monoisotopic (exact) mass is 1080 g/mol. The van der Waals surface area contributed by atoms with E-state index in [1.165, 1.54) is 270 Å². The van der Waals surface area contributed by atoms with Crippen LogP contribution in [-0.4, -0.2) is 37.2 Å². The van der Waals surface area contributed by atoms with Gasteiger partial charge in [0, 0.05) is 19.3 Å². The first kappa shape index (κ1) is 74.6. The highest BCUT2D eigenvalue weighted by Crippen LogP contribution is 2.18. The molecule has 0 aliphatic carbocycles. The van der Waals surface area contributed by atoms with Gasteiger partial charge in [0.05, 0.1) is 0 Å². The summed E-state index contributed by atoms with van der Waals surface area (Å²) >= 11 is 0. The summed E-state index contributed by atoms with van der Waals surface area (Å²) in [5.74, 6) is -0.850. The fourth-order valence-electron chi connectivity index (χ4n) is 10.4. The maximum atomic E-state index is 13.0. The molecule has 0 aromatic rings. The molecule has 0 bridgehead atoms. The molecule has 6 nitrogen and oxygen atoms in total. The minimum Gasteiger partial charge on any atom is -0.462 e. The Morgan fingerprint density at radius 3 is 0.753 bits per heavy atom. The van der Waals surface area contributed by atoms with E-state index in [0.29, 0.717) is 19.3 Å². The van der Waals surface area contributed by atoms with Gasteiger partial charge in [-0.25, -0.2) is 0 Å². The first-order valence-corrected chi connectivity index (χ1v) is 34.5. The molecular weight excluding hydrogens is 949 g/mol. The smallest absolute Gasteiger partial charge is 0.306 e. The van der Waals surface area contributed by atoms with Crippen LogP contribution >= 0.6 is 0 Å². The molecule has 0 N–H and O–H groups in total. The Hall–Kier alpha value is -2.37. The molecule has 0 heterocycles. The van der Waals surface area contributed by atoms with Crippen molar-refractivity contribution in [2.75, 3.05) is 13.2 Å². The van der Waals surface area contributed by atoms with E-state index in [-0.39, 0.29) is 31.1 Å². The van der Waals surface area contributed by atoms with Crippen molar-refractivity contribution in [2.45, 2.75) is 386 Å². The van der Waals surface area contributed by atoms with Crippen molar-refractivity contribution in [1.82, 2.24) is 0 Å². The minimum atomic E-state index is -0.775. The number of ether oxygens (including phenoxy) is 3. The molecule has 0 aliphatic rings. The van der Waals surface area contributed by atoms with Gasteiger partial charge >= 0.3 is 17.9 Å². The number of hydrogen-bond acceptors (Lipinski definition) is 6. The normalized spacial score (nSPS) is 12.2. The van der Waals surface area contributed by atoms with Crippen LogP contribution in [0.4, 0.5) is 0 Å². The molecule has 0 saturated heterocycles. The molecule has 0 amide bonds. The molecule has 0 aromatic carbocycles. The molecule has 0 aliphatic heterocycles. The van der Waals surface area contributed by atoms with E-state index >= 15 is 0 Å². The molecule has 0 spiro atoms. The maximum Gasteiger partial charge on any atom is 0.306 e. The summed E-state index contributed by atoms with van der Waals surface area (Å²) in [4.78, 5) is 38.4. The fourth-order valence-corrected chi connectivity index (χ4v) is 10.4. The number of hydrogen-bond donors (Lipinski definition) is 0. The Morgan fingerprint density at radius 2 is 0.468 bits per heavy atom. The van der Waals surface area contributed by atoms with Gasteiger partial charge in [-0.15, -0.1) is 0 Å². The average molecular weight is 1080 g/mol. The Kier molecular flexibility index (Phi) is 64.1. The summed E-state index contributed by atoms with van der Waals surface area (Å²) in [5.41, 5.74) is 0. The first-order valence-electron chi connectivity index (χ1n) is 34.5. The summed E-state index contributed by atoms with van der Waals surface area (Å²) in [5, 5.41) is 0. The van der Waals surface area contributed by atoms with Gasteiger partial charge in [0.1, 0.15) is 13.2 Å². The maximum absolute atomic E-state index is 13.0. The van der Waals surface area contributed by atoms with E-state index in [4.69, 9.17) is 14.2 Å². The summed E-state index contributed by atoms with van der Waals surface area (Å²) in [6.45, 7) is 6.68. The third-order valence-electron chi connectivity index (χ3n) is 15.6. The van der Waals surface area contributed by atoms with Crippen LogP contribution in [0.1, 0.15) is 380 Å². The number of allylic oxidation sites excluding steroid dienone is 6. The summed E-state index contributed by atoms with van der Waals surface area (Å²) < 4.78 is 17.0. The quantitative estimate of drug-likeness (QED) is 0.0261. The predicted molar refractivity (Wildman–Crippen MR) is 335 cm³/mol. The van der Waals surface area contributed by atoms with Crippen molar-refractivity contribution in [2.24, 2.45) is 0 Å². The second-order valence-corrected chi connectivity index (χ2v) is 23.4. The van der Waals surface area contributed by atoms with E-state index in [1.54, 1.807) is 0 Å². The van der Waals surface area contributed by atoms with Crippen molar-refractivity contribution in [1.29, 1.82) is 0 Å². The van der Waals surface area contributed by atoms with Crippen molar-refractivity contribution in [3.63, 3.8) is 0 Å². The Morgan fingerprint density at radius 1 is 0.260 bits per heavy atom. The third kappa shape index (κ3) is 64.3. The number of carbonyl (C=O) groups is 3. The summed E-state index contributed by atoms with van der Waals surface area (Å²) in [6.07, 6.45) is 81.6. The zero-order valence-electron chi connectivity index (χ0n) is 52.0. The molecule has 452 valence electrons. The van der Waals surface area contributed by atoms with E-state index in [2.05, 4.69) is 57.2 Å². The lowest BCUT2D eigenvalue weighted by molar-refractivity contribution is -0.167. The number of esters is 3. The molecule has 0 aromatic heterocycles. The zero-order chi connectivity index (χ0) is 55.7. The van der Waals surface area contributed by atoms with Crippen molar-refractivity contribution < 1.29 is 28.6 Å². The van der Waals surface area contributed by atoms with Crippen LogP contribution in [0.25, 0.3) is 0 Å². The third-order valence-corrected chi connectivity index (χ3v) is 15.6. The van der Waals surface area contributed by atoms with E-state index in [9.17, 15) is 14.4 Å². The predicted octanol–water partition coefficient (Wildman–Crippen LogP) is 23.6. The fraction of sp³-hybridized carbons (Fsp3) is 0.873. The highest BCUT2D eigenvalue weighted by atomic mass is 16.6. The van der Waals surface area contributed by atoms with Crippen LogP contribution in [0.5, 0.6) is 0 Å². The van der Waals surface area contributed by atoms with Gasteiger partial charge in [-0.05, 0) is 77.0 Å². The Balaban J connectivity index is 4.31. The van der Waals surface area contributed by atoms with Gasteiger partial charge in [-0.2, -0.15) is 0 Å². The average Bonchev–Trinajstić information content (AvgIpc) is 3.43. The van der Waals surface area contributed by atoms with Gasteiger partial charge in [0.2, 0.25) is 0 Å². The topological polar surface area (TPSA) is 78.9 Å². The lowest BCUT2D eigenvalue weighted by Crippen LogP contribution is -2.30. The van der Waals surface area contributed by atoms with Crippen molar-refractivity contribution >= 4 is 17.9 Å². The van der Waals surface area contributed by atoms with Gasteiger partial charge in [0.25, 0.3) is 0 Å². The molecule has 77 heavy (non-hydrogen) atoms. The van der Waals surface area contributed by atoms with Gasteiger partial charge < -0.3 is 14.2 Å². The highest BCUT2D eigenvalue weighted by Gasteiger charge is 2.19. The van der Waals surface area contributed by atoms with Gasteiger partial charge in [0.15, 0.2) is 6.10 Å². The lowest BCUT2D eigenvalue weighted by Gasteiger charge is -2.18. The van der Waals surface area contributed by atoms with Crippen LogP contribution in [0, 0.1) is 0 Å². The van der Waals surface area contributed by atoms with Gasteiger partial charge in [-0.1, -0.05) is 320 Å². The van der Waals surface area contributed by atoms with E-state index in [0.717, 1.165) is 70.6 Å². The highest BCUT2D eigenvalue weighted by molar-refractivity contribution is 5.71. The molecule has 0 radical (unpaired) electrons. The number of unbranched alkanes of at least 4 members (excludes halogenated alkanes) is 47. The standard InChI is InChI=1S/C71H132O6/c1-4-7-10-13-16-19-22-25-28-31-33-35-37-40-43-46-49-52-55-58-61-64-70(73)76-67-68(66-75-69(72)63-60-57-54-51-48-45-42-39-30-27-24-21-18-15-12-9-6-3)77-71(74)65-62-59-56-53-50-47-44-41-38-36-34-32-29-26-23-20-17-14-11-8-5-2/h18,21,26-27,29-30,68H,4-17,19-20,22-25,28,31-67H2,1-3H3/b21-18-,29-26-,30-27-/t68-/m1/s1.